The highest BCUT2D eigenvalue weighted by Crippen LogP contribution is 2.43. The standard InChI is InChI=1S/C28H35ClF3N7O3.C2H6/c1-26(2,3)42-25(41)37-10-6-27(7-11-37)8-12-39(23(27)40)20-13-19(14-33-15-20)35-24-34-16-21(29)22(36-24)38-9-4-5-18(17-38)28(30,31)32;1-2/h13-16,18H,4-12,17H2,1-3H3,(H,34,35,36);1-2H3. The number of alkyl halides is 3. The molecule has 5 rings (SSSR count). The number of rotatable bonds is 4. The van der Waals surface area contributed by atoms with E-state index in [2.05, 4.69) is 20.3 Å². The summed E-state index contributed by atoms with van der Waals surface area (Å²) in [5.74, 6) is -1.05. The van der Waals surface area contributed by atoms with Gasteiger partial charge in [-0.25, -0.2) is 9.78 Å². The Morgan fingerprint density at radius 3 is 2.41 bits per heavy atom. The second-order valence-corrected chi connectivity index (χ2v) is 12.6. The molecule has 3 fully saturated rings. The summed E-state index contributed by atoms with van der Waals surface area (Å²) in [6, 6.07) is 1.76. The fraction of sp³-hybridized carbons (Fsp3) is 0.633. The average molecular weight is 640 g/mol. The lowest BCUT2D eigenvalue weighted by atomic mass is 9.77. The van der Waals surface area contributed by atoms with Crippen LogP contribution in [0.3, 0.4) is 0 Å². The first-order chi connectivity index (χ1) is 20.7. The molecule has 242 valence electrons. The SMILES string of the molecule is CC.CC(C)(C)OC(=O)N1CCC2(CC1)CCN(c1cncc(Nc3ncc(Cl)c(N4CCCC(C(F)(F)F)C4)n3)c1)C2=O. The molecule has 1 N–H and O–H groups in total. The Labute approximate surface area is 261 Å². The number of carbonyl (C=O) groups excluding carboxylic acids is 2. The van der Waals surface area contributed by atoms with Crippen LogP contribution in [0.4, 0.5) is 41.1 Å². The van der Waals surface area contributed by atoms with Gasteiger partial charge in [-0.1, -0.05) is 25.4 Å². The van der Waals surface area contributed by atoms with Gasteiger partial charge in [0.25, 0.3) is 0 Å². The minimum atomic E-state index is -4.29. The van der Waals surface area contributed by atoms with Gasteiger partial charge in [0.2, 0.25) is 11.9 Å². The van der Waals surface area contributed by atoms with Crippen molar-refractivity contribution in [1.29, 1.82) is 0 Å². The molecule has 0 bridgehead atoms. The number of hydrogen-bond donors (Lipinski definition) is 1. The summed E-state index contributed by atoms with van der Waals surface area (Å²) in [6.45, 7) is 11.1. The first kappa shape index (κ1) is 33.5. The number of nitrogens with one attached hydrogen (secondary N) is 1. The second-order valence-electron chi connectivity index (χ2n) is 12.2. The molecule has 10 nitrogen and oxygen atoms in total. The maximum absolute atomic E-state index is 13.6. The Morgan fingerprint density at radius 1 is 1.07 bits per heavy atom. The van der Waals surface area contributed by atoms with Crippen LogP contribution < -0.4 is 15.1 Å². The van der Waals surface area contributed by atoms with Crippen molar-refractivity contribution in [3.05, 3.63) is 29.7 Å². The minimum Gasteiger partial charge on any atom is -0.444 e. The molecule has 1 atom stereocenters. The smallest absolute Gasteiger partial charge is 0.410 e. The van der Waals surface area contributed by atoms with Gasteiger partial charge in [0.05, 0.1) is 41.3 Å². The van der Waals surface area contributed by atoms with Crippen LogP contribution in [0.2, 0.25) is 5.02 Å². The third kappa shape index (κ3) is 7.65. The van der Waals surface area contributed by atoms with Crippen LogP contribution in [0, 0.1) is 11.3 Å². The number of likely N-dealkylation sites (tertiary alicyclic amines) is 1. The van der Waals surface area contributed by atoms with Crippen LogP contribution in [0.15, 0.2) is 24.7 Å². The summed E-state index contributed by atoms with van der Waals surface area (Å²) in [7, 11) is 0. The Morgan fingerprint density at radius 2 is 1.75 bits per heavy atom. The molecule has 14 heteroatoms. The normalized spacial score (nSPS) is 20.3. The molecule has 2 aromatic heterocycles. The van der Waals surface area contributed by atoms with Crippen LogP contribution in [-0.4, -0.2) is 76.4 Å². The molecule has 2 amide bonds. The third-order valence-electron chi connectivity index (χ3n) is 8.09. The predicted octanol–water partition coefficient (Wildman–Crippen LogP) is 6.83. The topological polar surface area (TPSA) is 104 Å². The number of anilines is 4. The van der Waals surface area contributed by atoms with E-state index in [0.29, 0.717) is 63.2 Å². The van der Waals surface area contributed by atoms with Crippen molar-refractivity contribution in [2.75, 3.05) is 47.8 Å². The molecule has 1 unspecified atom stereocenters. The van der Waals surface area contributed by atoms with E-state index in [0.717, 1.165) is 0 Å². The molecule has 3 aliphatic heterocycles. The number of halogens is 4. The second kappa shape index (κ2) is 13.3. The number of pyridine rings is 1. The van der Waals surface area contributed by atoms with Gasteiger partial charge in [-0.2, -0.15) is 18.2 Å². The van der Waals surface area contributed by atoms with Gasteiger partial charge in [-0.05, 0) is 58.9 Å². The van der Waals surface area contributed by atoms with E-state index in [1.807, 2.05) is 34.6 Å². The van der Waals surface area contributed by atoms with Crippen LogP contribution in [0.1, 0.15) is 66.7 Å². The third-order valence-corrected chi connectivity index (χ3v) is 8.35. The summed E-state index contributed by atoms with van der Waals surface area (Å²) >= 11 is 6.29. The van der Waals surface area contributed by atoms with Gasteiger partial charge in [-0.15, -0.1) is 0 Å². The maximum atomic E-state index is 13.6. The predicted molar refractivity (Wildman–Crippen MR) is 163 cm³/mol. The molecule has 2 aromatic rings. The monoisotopic (exact) mass is 639 g/mol. The average Bonchev–Trinajstić information content (AvgIpc) is 3.29. The van der Waals surface area contributed by atoms with Crippen LogP contribution in [0.25, 0.3) is 0 Å². The van der Waals surface area contributed by atoms with Crippen molar-refractivity contribution in [2.24, 2.45) is 11.3 Å². The van der Waals surface area contributed by atoms with Gasteiger partial charge in [-0.3, -0.25) is 9.78 Å². The molecular formula is C30H41ClF3N7O3. The van der Waals surface area contributed by atoms with E-state index in [4.69, 9.17) is 16.3 Å². The zero-order chi connectivity index (χ0) is 32.3. The number of aromatic nitrogens is 3. The zero-order valence-electron chi connectivity index (χ0n) is 25.9. The quantitative estimate of drug-likeness (QED) is 0.388. The molecule has 0 radical (unpaired) electrons. The maximum Gasteiger partial charge on any atom is 0.410 e. The molecule has 0 aliphatic carbocycles. The van der Waals surface area contributed by atoms with Crippen molar-refractivity contribution in [3.63, 3.8) is 0 Å². The fourth-order valence-corrected chi connectivity index (χ4v) is 6.03. The van der Waals surface area contributed by atoms with Crippen LogP contribution in [-0.2, 0) is 9.53 Å². The van der Waals surface area contributed by atoms with E-state index in [-0.39, 0.29) is 41.8 Å². The lowest BCUT2D eigenvalue weighted by molar-refractivity contribution is -0.176. The number of hydrogen-bond acceptors (Lipinski definition) is 8. The summed E-state index contributed by atoms with van der Waals surface area (Å²) in [4.78, 5) is 43.9. The minimum absolute atomic E-state index is 0.000338. The van der Waals surface area contributed by atoms with E-state index in [9.17, 15) is 22.8 Å². The number of piperidine rings is 2. The molecule has 1 spiro atoms. The highest BCUT2D eigenvalue weighted by Gasteiger charge is 2.49. The van der Waals surface area contributed by atoms with Crippen molar-refractivity contribution >= 4 is 46.7 Å². The van der Waals surface area contributed by atoms with Gasteiger partial charge >= 0.3 is 12.3 Å². The highest BCUT2D eigenvalue weighted by molar-refractivity contribution is 6.32. The Balaban J connectivity index is 0.00000216. The Kier molecular flexibility index (Phi) is 10.2. The largest absolute Gasteiger partial charge is 0.444 e. The highest BCUT2D eigenvalue weighted by atomic mass is 35.5. The molecule has 0 saturated carbocycles. The van der Waals surface area contributed by atoms with E-state index in [1.165, 1.54) is 6.20 Å². The van der Waals surface area contributed by atoms with Gasteiger partial charge in [0, 0.05) is 32.7 Å². The Bertz CT molecular complexity index is 1330. The molecule has 0 aromatic carbocycles. The molecule has 3 aliphatic rings. The summed E-state index contributed by atoms with van der Waals surface area (Å²) in [6.07, 6.45) is 2.10. The van der Waals surface area contributed by atoms with E-state index in [1.54, 1.807) is 33.2 Å². The van der Waals surface area contributed by atoms with Gasteiger partial charge < -0.3 is 24.8 Å². The van der Waals surface area contributed by atoms with Gasteiger partial charge in [0.15, 0.2) is 5.82 Å². The summed E-state index contributed by atoms with van der Waals surface area (Å²) < 4.78 is 45.5. The molecule has 5 heterocycles. The number of nitrogens with zero attached hydrogens (tertiary/aromatic N) is 6. The lowest BCUT2D eigenvalue weighted by Crippen LogP contribution is -2.48. The van der Waals surface area contributed by atoms with Crippen LogP contribution in [0.5, 0.6) is 0 Å². The lowest BCUT2D eigenvalue weighted by Gasteiger charge is -2.38. The molecule has 44 heavy (non-hydrogen) atoms. The summed E-state index contributed by atoms with van der Waals surface area (Å²) in [5, 5.41) is 3.22. The van der Waals surface area contributed by atoms with Crippen molar-refractivity contribution in [3.8, 4) is 0 Å². The fourth-order valence-electron chi connectivity index (χ4n) is 5.82. The number of carbonyl (C=O) groups is 2. The van der Waals surface area contributed by atoms with Crippen molar-refractivity contribution in [1.82, 2.24) is 19.9 Å². The first-order valence-corrected chi connectivity index (χ1v) is 15.5. The van der Waals surface area contributed by atoms with E-state index >= 15 is 0 Å². The molecule has 3 saturated heterocycles. The number of ether oxygens (including phenoxy) is 1. The van der Waals surface area contributed by atoms with Gasteiger partial charge in [0.1, 0.15) is 10.6 Å². The first-order valence-electron chi connectivity index (χ1n) is 15.1. The van der Waals surface area contributed by atoms with Crippen LogP contribution >= 0.6 is 11.6 Å². The van der Waals surface area contributed by atoms with Crippen molar-refractivity contribution in [2.45, 2.75) is 78.5 Å². The Hall–Kier alpha value is -3.35. The number of amides is 2. The molecular weight excluding hydrogens is 599 g/mol. The van der Waals surface area contributed by atoms with Crippen molar-refractivity contribution < 1.29 is 27.5 Å². The zero-order valence-corrected chi connectivity index (χ0v) is 26.6. The van der Waals surface area contributed by atoms with E-state index < -0.39 is 23.1 Å². The summed E-state index contributed by atoms with van der Waals surface area (Å²) in [5.41, 5.74) is -0.00447.